The van der Waals surface area contributed by atoms with Crippen LogP contribution in [-0.4, -0.2) is 24.5 Å². The fourth-order valence-electron chi connectivity index (χ4n) is 1.74. The van der Waals surface area contributed by atoms with Gasteiger partial charge in [-0.25, -0.2) is 18.1 Å². The van der Waals surface area contributed by atoms with Crippen LogP contribution in [-0.2, 0) is 23.5 Å². The highest BCUT2D eigenvalue weighted by Crippen LogP contribution is 2.23. The van der Waals surface area contributed by atoms with Crippen LogP contribution in [0.2, 0.25) is 5.02 Å². The Morgan fingerprint density at radius 1 is 1.45 bits per heavy atom. The van der Waals surface area contributed by atoms with Gasteiger partial charge in [0.1, 0.15) is 10.7 Å². The highest BCUT2D eigenvalue weighted by Gasteiger charge is 2.17. The first-order chi connectivity index (χ1) is 9.40. The van der Waals surface area contributed by atoms with E-state index >= 15 is 0 Å². The van der Waals surface area contributed by atoms with Crippen LogP contribution in [0.15, 0.2) is 35.5 Å². The molecule has 3 N–H and O–H groups in total. The lowest BCUT2D eigenvalue weighted by Gasteiger charge is -2.09. The normalized spacial score (nSPS) is 11.7. The summed E-state index contributed by atoms with van der Waals surface area (Å²) >= 11 is 5.89. The number of hydrogen-bond donors (Lipinski definition) is 2. The Hall–Kier alpha value is -1.57. The van der Waals surface area contributed by atoms with E-state index in [1.807, 2.05) is 11.6 Å². The first kappa shape index (κ1) is 14.8. The number of rotatable bonds is 5. The van der Waals surface area contributed by atoms with E-state index in [1.165, 1.54) is 12.1 Å². The molecule has 1 aromatic heterocycles. The highest BCUT2D eigenvalue weighted by molar-refractivity contribution is 7.89. The van der Waals surface area contributed by atoms with Gasteiger partial charge in [-0.05, 0) is 18.2 Å². The molecule has 0 aliphatic carbocycles. The molecule has 8 heteroatoms. The summed E-state index contributed by atoms with van der Waals surface area (Å²) in [5.41, 5.74) is 5.93. The highest BCUT2D eigenvalue weighted by atomic mass is 35.5. The minimum atomic E-state index is -3.68. The number of halogens is 1. The number of anilines is 1. The summed E-state index contributed by atoms with van der Waals surface area (Å²) in [6.07, 6.45) is 3.96. The molecule has 0 aliphatic rings. The lowest BCUT2D eigenvalue weighted by Crippen LogP contribution is -2.27. The largest absolute Gasteiger partial charge is 0.399 e. The molecule has 0 saturated carbocycles. The van der Waals surface area contributed by atoms with Crippen molar-refractivity contribution < 1.29 is 8.42 Å². The second kappa shape index (κ2) is 5.82. The van der Waals surface area contributed by atoms with Crippen molar-refractivity contribution in [1.82, 2.24) is 14.3 Å². The first-order valence-corrected chi connectivity index (χ1v) is 7.77. The molecule has 0 fully saturated rings. The van der Waals surface area contributed by atoms with E-state index in [9.17, 15) is 8.42 Å². The van der Waals surface area contributed by atoms with Gasteiger partial charge in [0.15, 0.2) is 0 Å². The molecular weight excluding hydrogens is 300 g/mol. The van der Waals surface area contributed by atoms with Gasteiger partial charge in [-0.2, -0.15) is 0 Å². The van der Waals surface area contributed by atoms with Crippen LogP contribution < -0.4 is 10.5 Å². The SMILES string of the molecule is Cn1ccnc1CCNS(=O)(=O)c1cc(N)ccc1Cl. The number of aromatic nitrogens is 2. The predicted molar refractivity (Wildman–Crippen MR) is 78.0 cm³/mol. The third kappa shape index (κ3) is 3.30. The Kier molecular flexibility index (Phi) is 4.32. The standard InChI is InChI=1S/C12H15ClN4O2S/c1-17-7-6-15-12(17)4-5-16-20(18,19)11-8-9(14)2-3-10(11)13/h2-3,6-8,16H,4-5,14H2,1H3. The zero-order valence-electron chi connectivity index (χ0n) is 10.9. The number of sulfonamides is 1. The van der Waals surface area contributed by atoms with Crippen molar-refractivity contribution >= 4 is 27.3 Å². The lowest BCUT2D eigenvalue weighted by molar-refractivity contribution is 0.580. The number of nitrogens with zero attached hydrogens (tertiary/aromatic N) is 2. The molecule has 0 saturated heterocycles. The zero-order chi connectivity index (χ0) is 14.8. The van der Waals surface area contributed by atoms with Crippen molar-refractivity contribution in [3.05, 3.63) is 41.4 Å². The summed E-state index contributed by atoms with van der Waals surface area (Å²) in [5, 5.41) is 0.142. The fourth-order valence-corrected chi connectivity index (χ4v) is 3.30. The third-order valence-corrected chi connectivity index (χ3v) is 4.75. The number of nitrogens with two attached hydrogens (primary N) is 1. The first-order valence-electron chi connectivity index (χ1n) is 5.91. The van der Waals surface area contributed by atoms with Gasteiger partial charge in [-0.3, -0.25) is 0 Å². The maximum absolute atomic E-state index is 12.1. The van der Waals surface area contributed by atoms with Gasteiger partial charge in [0, 0.05) is 38.1 Å². The number of benzene rings is 1. The van der Waals surface area contributed by atoms with Gasteiger partial charge in [0.05, 0.1) is 5.02 Å². The summed E-state index contributed by atoms with van der Waals surface area (Å²) in [5.74, 6) is 0.798. The number of nitrogens with one attached hydrogen (secondary N) is 1. The summed E-state index contributed by atoms with van der Waals surface area (Å²) in [6, 6.07) is 4.35. The molecule has 0 radical (unpaired) electrons. The van der Waals surface area contributed by atoms with Crippen molar-refractivity contribution in [1.29, 1.82) is 0 Å². The fraction of sp³-hybridized carbons (Fsp3) is 0.250. The van der Waals surface area contributed by atoms with Crippen LogP contribution in [0.4, 0.5) is 5.69 Å². The number of imidazole rings is 1. The molecule has 2 aromatic rings. The average Bonchev–Trinajstić information content (AvgIpc) is 2.78. The minimum Gasteiger partial charge on any atom is -0.399 e. The van der Waals surface area contributed by atoms with Crippen LogP contribution in [0, 0.1) is 0 Å². The van der Waals surface area contributed by atoms with Crippen LogP contribution in [0.25, 0.3) is 0 Å². The van der Waals surface area contributed by atoms with E-state index in [1.54, 1.807) is 18.5 Å². The molecule has 0 amide bonds. The van der Waals surface area contributed by atoms with Gasteiger partial charge in [-0.1, -0.05) is 11.6 Å². The molecule has 6 nitrogen and oxygen atoms in total. The lowest BCUT2D eigenvalue weighted by atomic mass is 10.3. The van der Waals surface area contributed by atoms with Gasteiger partial charge < -0.3 is 10.3 Å². The maximum atomic E-state index is 12.1. The van der Waals surface area contributed by atoms with Crippen LogP contribution in [0.1, 0.15) is 5.82 Å². The van der Waals surface area contributed by atoms with Crippen molar-refractivity contribution in [2.24, 2.45) is 7.05 Å². The van der Waals surface area contributed by atoms with Crippen LogP contribution in [0.5, 0.6) is 0 Å². The number of hydrogen-bond acceptors (Lipinski definition) is 4. The molecule has 0 bridgehead atoms. The van der Waals surface area contributed by atoms with E-state index in [0.29, 0.717) is 12.1 Å². The molecule has 1 heterocycles. The van der Waals surface area contributed by atoms with Crippen molar-refractivity contribution in [3.63, 3.8) is 0 Å². The van der Waals surface area contributed by atoms with E-state index in [0.717, 1.165) is 5.82 Å². The monoisotopic (exact) mass is 314 g/mol. The molecule has 108 valence electrons. The van der Waals surface area contributed by atoms with Gasteiger partial charge in [0.2, 0.25) is 10.0 Å². The van der Waals surface area contributed by atoms with Crippen molar-refractivity contribution in [2.45, 2.75) is 11.3 Å². The molecule has 0 aliphatic heterocycles. The molecule has 0 unspecified atom stereocenters. The number of nitrogen functional groups attached to an aromatic ring is 1. The van der Waals surface area contributed by atoms with Crippen LogP contribution >= 0.6 is 11.6 Å². The van der Waals surface area contributed by atoms with Gasteiger partial charge in [0.25, 0.3) is 0 Å². The minimum absolute atomic E-state index is 0.0148. The zero-order valence-corrected chi connectivity index (χ0v) is 12.4. The molecular formula is C12H15ClN4O2S. The average molecular weight is 315 g/mol. The predicted octanol–water partition coefficient (Wildman–Crippen LogP) is 1.18. The molecule has 1 aromatic carbocycles. The molecule has 20 heavy (non-hydrogen) atoms. The van der Waals surface area contributed by atoms with E-state index in [-0.39, 0.29) is 16.5 Å². The topological polar surface area (TPSA) is 90.0 Å². The summed E-state index contributed by atoms with van der Waals surface area (Å²) in [4.78, 5) is 4.11. The second-order valence-corrected chi connectivity index (χ2v) is 6.43. The molecule has 0 atom stereocenters. The Labute approximate surface area is 122 Å². The van der Waals surface area contributed by atoms with E-state index < -0.39 is 10.0 Å². The van der Waals surface area contributed by atoms with Crippen molar-refractivity contribution in [3.8, 4) is 0 Å². The second-order valence-electron chi connectivity index (χ2n) is 4.29. The molecule has 0 spiro atoms. The quantitative estimate of drug-likeness (QED) is 0.811. The van der Waals surface area contributed by atoms with E-state index in [2.05, 4.69) is 9.71 Å². The van der Waals surface area contributed by atoms with E-state index in [4.69, 9.17) is 17.3 Å². The summed E-state index contributed by atoms with van der Waals surface area (Å²) in [6.45, 7) is 0.234. The van der Waals surface area contributed by atoms with Gasteiger partial charge >= 0.3 is 0 Å². The van der Waals surface area contributed by atoms with Crippen LogP contribution in [0.3, 0.4) is 0 Å². The Bertz CT molecular complexity index is 712. The summed E-state index contributed by atoms with van der Waals surface area (Å²) < 4.78 is 28.6. The summed E-state index contributed by atoms with van der Waals surface area (Å²) in [7, 11) is -1.83. The Balaban J connectivity index is 2.08. The third-order valence-electron chi connectivity index (χ3n) is 2.81. The smallest absolute Gasteiger partial charge is 0.242 e. The number of aryl methyl sites for hydroxylation is 1. The Morgan fingerprint density at radius 2 is 2.20 bits per heavy atom. The maximum Gasteiger partial charge on any atom is 0.242 e. The van der Waals surface area contributed by atoms with Crippen molar-refractivity contribution in [2.75, 3.05) is 12.3 Å². The Morgan fingerprint density at radius 3 is 2.85 bits per heavy atom. The van der Waals surface area contributed by atoms with Gasteiger partial charge in [-0.15, -0.1) is 0 Å². The molecule has 2 rings (SSSR count).